The van der Waals surface area contributed by atoms with Crippen LogP contribution in [-0.4, -0.2) is 49.6 Å². The molecule has 124 valence electrons. The second-order valence-electron chi connectivity index (χ2n) is 5.83. The van der Waals surface area contributed by atoms with E-state index < -0.39 is 10.0 Å². The third kappa shape index (κ3) is 5.04. The Morgan fingerprint density at radius 2 is 1.86 bits per heavy atom. The van der Waals surface area contributed by atoms with Crippen LogP contribution < -0.4 is 0 Å². The summed E-state index contributed by atoms with van der Waals surface area (Å²) in [6.45, 7) is 5.19. The molecular formula is C16H25FN2O2S. The number of hydrogen-bond donors (Lipinski definition) is 0. The minimum absolute atomic E-state index is 0.227. The van der Waals surface area contributed by atoms with Crippen LogP contribution in [0.3, 0.4) is 0 Å². The summed E-state index contributed by atoms with van der Waals surface area (Å²) in [4.78, 5) is 2.17. The molecule has 0 unspecified atom stereocenters. The van der Waals surface area contributed by atoms with Gasteiger partial charge in [-0.3, -0.25) is 4.90 Å². The predicted molar refractivity (Wildman–Crippen MR) is 86.6 cm³/mol. The number of piperazine rings is 1. The summed E-state index contributed by atoms with van der Waals surface area (Å²) in [5, 5.41) is 0. The molecule has 1 aromatic carbocycles. The second-order valence-corrected chi connectivity index (χ2v) is 7.92. The van der Waals surface area contributed by atoms with Gasteiger partial charge in [0.1, 0.15) is 5.82 Å². The fourth-order valence-corrected chi connectivity index (χ4v) is 4.27. The molecule has 22 heavy (non-hydrogen) atoms. The zero-order valence-electron chi connectivity index (χ0n) is 13.2. The molecule has 0 bridgehead atoms. The minimum atomic E-state index is -3.11. The maximum Gasteiger partial charge on any atom is 0.214 e. The second kappa shape index (κ2) is 8.04. The standard InChI is InChI=1S/C16H25FN2O2S/c1-2-3-4-12-22(20,21)19-10-8-18(9-11-19)14-15-6-5-7-16(17)13-15/h5-7,13H,2-4,8-12,14H2,1H3. The Hall–Kier alpha value is -0.980. The van der Waals surface area contributed by atoms with E-state index in [1.807, 2.05) is 6.07 Å². The Morgan fingerprint density at radius 3 is 2.50 bits per heavy atom. The highest BCUT2D eigenvalue weighted by Crippen LogP contribution is 2.13. The van der Waals surface area contributed by atoms with Crippen molar-refractivity contribution in [2.45, 2.75) is 32.7 Å². The number of nitrogens with zero attached hydrogens (tertiary/aromatic N) is 2. The van der Waals surface area contributed by atoms with E-state index in [-0.39, 0.29) is 11.6 Å². The number of sulfonamides is 1. The lowest BCUT2D eigenvalue weighted by Crippen LogP contribution is -2.48. The van der Waals surface area contributed by atoms with Crippen LogP contribution in [0, 0.1) is 5.82 Å². The van der Waals surface area contributed by atoms with Crippen molar-refractivity contribution in [3.8, 4) is 0 Å². The fourth-order valence-electron chi connectivity index (χ4n) is 2.72. The Labute approximate surface area is 133 Å². The average Bonchev–Trinajstić information content (AvgIpc) is 2.48. The quantitative estimate of drug-likeness (QED) is 0.722. The first-order valence-electron chi connectivity index (χ1n) is 7.96. The molecule has 1 aromatic rings. The molecule has 0 N–H and O–H groups in total. The van der Waals surface area contributed by atoms with Crippen LogP contribution >= 0.6 is 0 Å². The Morgan fingerprint density at radius 1 is 1.14 bits per heavy atom. The van der Waals surface area contributed by atoms with Gasteiger partial charge in [0.25, 0.3) is 0 Å². The van der Waals surface area contributed by atoms with Crippen LogP contribution in [0.5, 0.6) is 0 Å². The van der Waals surface area contributed by atoms with E-state index in [1.165, 1.54) is 12.1 Å². The monoisotopic (exact) mass is 328 g/mol. The molecule has 0 radical (unpaired) electrons. The lowest BCUT2D eigenvalue weighted by Gasteiger charge is -2.34. The number of hydrogen-bond acceptors (Lipinski definition) is 3. The van der Waals surface area contributed by atoms with Crippen LogP contribution in [0.15, 0.2) is 24.3 Å². The van der Waals surface area contributed by atoms with Gasteiger partial charge in [-0.25, -0.2) is 12.8 Å². The minimum Gasteiger partial charge on any atom is -0.296 e. The van der Waals surface area contributed by atoms with Crippen molar-refractivity contribution < 1.29 is 12.8 Å². The summed E-state index contributed by atoms with van der Waals surface area (Å²) >= 11 is 0. The van der Waals surface area contributed by atoms with Gasteiger partial charge in [0.2, 0.25) is 10.0 Å². The van der Waals surface area contributed by atoms with Gasteiger partial charge in [-0.1, -0.05) is 31.9 Å². The Bertz CT molecular complexity index is 569. The summed E-state index contributed by atoms with van der Waals surface area (Å²) in [5.41, 5.74) is 0.930. The first-order chi connectivity index (χ1) is 10.5. The third-order valence-corrected chi connectivity index (χ3v) is 5.98. The molecule has 0 saturated carbocycles. The average molecular weight is 328 g/mol. The van der Waals surface area contributed by atoms with E-state index in [1.54, 1.807) is 10.4 Å². The van der Waals surface area contributed by atoms with Crippen LogP contribution in [0.25, 0.3) is 0 Å². The fraction of sp³-hybridized carbons (Fsp3) is 0.625. The van der Waals surface area contributed by atoms with Crippen molar-refractivity contribution in [3.05, 3.63) is 35.6 Å². The number of unbranched alkanes of at least 4 members (excludes halogenated alkanes) is 2. The summed E-state index contributed by atoms with van der Waals surface area (Å²) in [6.07, 6.45) is 2.72. The molecule has 1 aliphatic heterocycles. The van der Waals surface area contributed by atoms with Gasteiger partial charge in [0.15, 0.2) is 0 Å². The van der Waals surface area contributed by atoms with Crippen molar-refractivity contribution in [2.24, 2.45) is 0 Å². The van der Waals surface area contributed by atoms with Crippen LogP contribution in [0.2, 0.25) is 0 Å². The number of benzene rings is 1. The molecule has 1 fully saturated rings. The highest BCUT2D eigenvalue weighted by molar-refractivity contribution is 7.89. The maximum absolute atomic E-state index is 13.2. The largest absolute Gasteiger partial charge is 0.296 e. The van der Waals surface area contributed by atoms with Gasteiger partial charge >= 0.3 is 0 Å². The lowest BCUT2D eigenvalue weighted by molar-refractivity contribution is 0.181. The van der Waals surface area contributed by atoms with Crippen molar-refractivity contribution >= 4 is 10.0 Å². The molecule has 1 heterocycles. The first-order valence-corrected chi connectivity index (χ1v) is 9.57. The first kappa shape index (κ1) is 17.4. The van der Waals surface area contributed by atoms with E-state index in [4.69, 9.17) is 0 Å². The number of halogens is 1. The van der Waals surface area contributed by atoms with Crippen LogP contribution in [0.4, 0.5) is 4.39 Å². The SMILES string of the molecule is CCCCCS(=O)(=O)N1CCN(Cc2cccc(F)c2)CC1. The van der Waals surface area contributed by atoms with E-state index in [9.17, 15) is 12.8 Å². The van der Waals surface area contributed by atoms with Crippen molar-refractivity contribution in [1.29, 1.82) is 0 Å². The van der Waals surface area contributed by atoms with Gasteiger partial charge in [-0.2, -0.15) is 4.31 Å². The summed E-state index contributed by atoms with van der Waals surface area (Å²) in [5.74, 6) is 0.0275. The Balaban J connectivity index is 1.82. The summed E-state index contributed by atoms with van der Waals surface area (Å²) in [6, 6.07) is 6.58. The molecule has 6 heteroatoms. The highest BCUT2D eigenvalue weighted by Gasteiger charge is 2.26. The molecule has 0 aliphatic carbocycles. The molecular weight excluding hydrogens is 303 g/mol. The molecule has 0 aromatic heterocycles. The normalized spacial score (nSPS) is 17.7. The zero-order chi connectivity index (χ0) is 16.0. The zero-order valence-corrected chi connectivity index (χ0v) is 14.0. The molecule has 0 atom stereocenters. The van der Waals surface area contributed by atoms with Crippen LogP contribution in [-0.2, 0) is 16.6 Å². The number of rotatable bonds is 7. The molecule has 0 spiro atoms. The van der Waals surface area contributed by atoms with Crippen LogP contribution in [0.1, 0.15) is 31.7 Å². The highest BCUT2D eigenvalue weighted by atomic mass is 32.2. The molecule has 1 saturated heterocycles. The summed E-state index contributed by atoms with van der Waals surface area (Å²) in [7, 11) is -3.11. The lowest BCUT2D eigenvalue weighted by atomic mass is 10.2. The van der Waals surface area contributed by atoms with Gasteiger partial charge in [0, 0.05) is 32.7 Å². The Kier molecular flexibility index (Phi) is 6.35. The molecule has 2 rings (SSSR count). The molecule has 4 nitrogen and oxygen atoms in total. The molecule has 0 amide bonds. The van der Waals surface area contributed by atoms with E-state index >= 15 is 0 Å². The van der Waals surface area contributed by atoms with E-state index in [0.29, 0.717) is 32.7 Å². The topological polar surface area (TPSA) is 40.6 Å². The van der Waals surface area contributed by atoms with Crippen molar-refractivity contribution in [2.75, 3.05) is 31.9 Å². The van der Waals surface area contributed by atoms with Gasteiger partial charge in [-0.05, 0) is 24.1 Å². The van der Waals surface area contributed by atoms with E-state index in [2.05, 4.69) is 11.8 Å². The summed E-state index contributed by atoms with van der Waals surface area (Å²) < 4.78 is 39.2. The van der Waals surface area contributed by atoms with Crippen molar-refractivity contribution in [3.63, 3.8) is 0 Å². The van der Waals surface area contributed by atoms with Gasteiger partial charge in [-0.15, -0.1) is 0 Å². The van der Waals surface area contributed by atoms with Gasteiger partial charge < -0.3 is 0 Å². The predicted octanol–water partition coefficient (Wildman–Crippen LogP) is 2.46. The van der Waals surface area contributed by atoms with Crippen molar-refractivity contribution in [1.82, 2.24) is 9.21 Å². The van der Waals surface area contributed by atoms with E-state index in [0.717, 1.165) is 24.8 Å². The third-order valence-electron chi connectivity index (χ3n) is 4.03. The smallest absolute Gasteiger partial charge is 0.214 e. The maximum atomic E-state index is 13.2. The van der Waals surface area contributed by atoms with Gasteiger partial charge in [0.05, 0.1) is 5.75 Å². The molecule has 1 aliphatic rings.